The summed E-state index contributed by atoms with van der Waals surface area (Å²) >= 11 is 0. The van der Waals surface area contributed by atoms with E-state index in [2.05, 4.69) is 5.32 Å². The van der Waals surface area contributed by atoms with Gasteiger partial charge in [0.2, 0.25) is 5.91 Å². The number of carbonyl (C=O) groups excluding carboxylic acids is 1. The van der Waals surface area contributed by atoms with Crippen molar-refractivity contribution in [1.29, 1.82) is 0 Å². The van der Waals surface area contributed by atoms with Gasteiger partial charge in [-0.1, -0.05) is 13.8 Å². The highest BCUT2D eigenvalue weighted by Gasteiger charge is 2.11. The number of carboxylic acid groups (broad SMARTS) is 1. The molecular weight excluding hydrogens is 184 g/mol. The Morgan fingerprint density at radius 1 is 1.43 bits per heavy atom. The quantitative estimate of drug-likeness (QED) is 0.563. The molecule has 0 aromatic rings. The topological polar surface area (TPSA) is 92.4 Å². The van der Waals surface area contributed by atoms with E-state index in [4.69, 9.17) is 10.8 Å². The molecule has 0 aliphatic heterocycles. The van der Waals surface area contributed by atoms with Crippen molar-refractivity contribution in [3.8, 4) is 0 Å². The molecule has 5 nitrogen and oxygen atoms in total. The fraction of sp³-hybridized carbons (Fsp3) is 0.778. The highest BCUT2D eigenvalue weighted by atomic mass is 16.4. The number of hydrogen-bond acceptors (Lipinski definition) is 3. The number of aliphatic carboxylic acids is 1. The largest absolute Gasteiger partial charge is 0.480 e. The first-order chi connectivity index (χ1) is 6.43. The number of nitrogens with one attached hydrogen (secondary N) is 1. The van der Waals surface area contributed by atoms with Crippen LogP contribution in [0.2, 0.25) is 0 Å². The Bertz CT molecular complexity index is 204. The van der Waals surface area contributed by atoms with Crippen LogP contribution in [0.1, 0.15) is 26.7 Å². The zero-order chi connectivity index (χ0) is 11.1. The van der Waals surface area contributed by atoms with Crippen molar-refractivity contribution < 1.29 is 14.7 Å². The zero-order valence-corrected chi connectivity index (χ0v) is 8.62. The second-order valence-corrected chi connectivity index (χ2v) is 3.68. The fourth-order valence-corrected chi connectivity index (χ4v) is 0.934. The zero-order valence-electron chi connectivity index (χ0n) is 8.62. The molecule has 0 aromatic heterocycles. The van der Waals surface area contributed by atoms with Crippen LogP contribution < -0.4 is 11.1 Å². The van der Waals surface area contributed by atoms with Gasteiger partial charge in [-0.25, -0.2) is 0 Å². The lowest BCUT2D eigenvalue weighted by Crippen LogP contribution is -2.35. The van der Waals surface area contributed by atoms with Gasteiger partial charge in [0, 0.05) is 13.0 Å². The maximum absolute atomic E-state index is 11.1. The summed E-state index contributed by atoms with van der Waals surface area (Å²) in [5.74, 6) is -0.788. The van der Waals surface area contributed by atoms with Gasteiger partial charge in [0.15, 0.2) is 0 Å². The molecule has 4 N–H and O–H groups in total. The molecule has 0 saturated heterocycles. The number of carbonyl (C=O) groups is 2. The number of carboxylic acids is 1. The Kier molecular flexibility index (Phi) is 5.87. The van der Waals surface area contributed by atoms with E-state index in [1.165, 1.54) is 0 Å². The molecule has 82 valence electrons. The first-order valence-corrected chi connectivity index (χ1v) is 4.68. The Balaban J connectivity index is 3.54. The van der Waals surface area contributed by atoms with E-state index in [1.807, 2.05) is 13.8 Å². The summed E-state index contributed by atoms with van der Waals surface area (Å²) in [5, 5.41) is 11.1. The second kappa shape index (κ2) is 6.37. The van der Waals surface area contributed by atoms with Gasteiger partial charge in [0.05, 0.1) is 0 Å². The normalized spacial score (nSPS) is 12.6. The molecule has 0 saturated carbocycles. The van der Waals surface area contributed by atoms with Crippen LogP contribution in [0.4, 0.5) is 0 Å². The molecule has 1 atom stereocenters. The van der Waals surface area contributed by atoms with Crippen LogP contribution in [-0.2, 0) is 9.59 Å². The van der Waals surface area contributed by atoms with Gasteiger partial charge in [0.25, 0.3) is 0 Å². The van der Waals surface area contributed by atoms with Crippen molar-refractivity contribution in [3.63, 3.8) is 0 Å². The predicted molar refractivity (Wildman–Crippen MR) is 52.7 cm³/mol. The summed E-state index contributed by atoms with van der Waals surface area (Å²) in [7, 11) is 0. The summed E-state index contributed by atoms with van der Waals surface area (Å²) in [6.45, 7) is 4.21. The number of nitrogens with two attached hydrogens (primary N) is 1. The molecule has 14 heavy (non-hydrogen) atoms. The third-order valence-electron chi connectivity index (χ3n) is 1.69. The van der Waals surface area contributed by atoms with Crippen molar-refractivity contribution >= 4 is 11.9 Å². The first-order valence-electron chi connectivity index (χ1n) is 4.68. The smallest absolute Gasteiger partial charge is 0.320 e. The van der Waals surface area contributed by atoms with E-state index in [0.29, 0.717) is 18.9 Å². The van der Waals surface area contributed by atoms with Crippen molar-refractivity contribution in [2.75, 3.05) is 6.54 Å². The Labute approximate surface area is 83.7 Å². The van der Waals surface area contributed by atoms with Crippen LogP contribution in [0.3, 0.4) is 0 Å². The van der Waals surface area contributed by atoms with Gasteiger partial charge in [-0.15, -0.1) is 0 Å². The molecule has 0 fully saturated rings. The third kappa shape index (κ3) is 6.42. The van der Waals surface area contributed by atoms with Crippen LogP contribution >= 0.6 is 0 Å². The molecule has 0 aromatic carbocycles. The van der Waals surface area contributed by atoms with Crippen molar-refractivity contribution in [3.05, 3.63) is 0 Å². The Morgan fingerprint density at radius 2 is 2.00 bits per heavy atom. The monoisotopic (exact) mass is 202 g/mol. The fourth-order valence-electron chi connectivity index (χ4n) is 0.934. The SMILES string of the molecule is CC(C)CC(=O)NCCC(N)C(=O)O. The van der Waals surface area contributed by atoms with Gasteiger partial charge in [0.1, 0.15) is 6.04 Å². The van der Waals surface area contributed by atoms with E-state index in [1.54, 1.807) is 0 Å². The van der Waals surface area contributed by atoms with Crippen molar-refractivity contribution in [2.24, 2.45) is 11.7 Å². The molecule has 0 bridgehead atoms. The standard InChI is InChI=1S/C9H18N2O3/c1-6(2)5-8(12)11-4-3-7(10)9(13)14/h6-7H,3-5,10H2,1-2H3,(H,11,12)(H,13,14). The summed E-state index contributed by atoms with van der Waals surface area (Å²) < 4.78 is 0. The minimum atomic E-state index is -1.04. The second-order valence-electron chi connectivity index (χ2n) is 3.68. The lowest BCUT2D eigenvalue weighted by molar-refractivity contribution is -0.138. The summed E-state index contributed by atoms with van der Waals surface area (Å²) in [5.41, 5.74) is 5.25. The third-order valence-corrected chi connectivity index (χ3v) is 1.69. The minimum Gasteiger partial charge on any atom is -0.480 e. The Morgan fingerprint density at radius 3 is 2.43 bits per heavy atom. The van der Waals surface area contributed by atoms with Crippen LogP contribution in [0, 0.1) is 5.92 Å². The number of hydrogen-bond donors (Lipinski definition) is 3. The molecule has 5 heteroatoms. The molecule has 0 rings (SSSR count). The van der Waals surface area contributed by atoms with Crippen LogP contribution in [0.25, 0.3) is 0 Å². The summed E-state index contributed by atoms with van der Waals surface area (Å²) in [6.07, 6.45) is 0.724. The lowest BCUT2D eigenvalue weighted by atomic mass is 10.1. The highest BCUT2D eigenvalue weighted by Crippen LogP contribution is 1.98. The predicted octanol–water partition coefficient (Wildman–Crippen LogP) is -0.0493. The average Bonchev–Trinajstić information content (AvgIpc) is 2.02. The first kappa shape index (κ1) is 12.9. The van der Waals surface area contributed by atoms with E-state index in [0.717, 1.165) is 0 Å². The van der Waals surface area contributed by atoms with Gasteiger partial charge in [-0.2, -0.15) is 0 Å². The van der Waals surface area contributed by atoms with Gasteiger partial charge < -0.3 is 16.2 Å². The Hall–Kier alpha value is -1.10. The van der Waals surface area contributed by atoms with Gasteiger partial charge in [-0.05, 0) is 12.3 Å². The number of amides is 1. The summed E-state index contributed by atoms with van der Waals surface area (Å²) in [6, 6.07) is -0.894. The van der Waals surface area contributed by atoms with Crippen LogP contribution in [0.5, 0.6) is 0 Å². The average molecular weight is 202 g/mol. The van der Waals surface area contributed by atoms with E-state index in [-0.39, 0.29) is 12.3 Å². The molecule has 0 aliphatic carbocycles. The van der Waals surface area contributed by atoms with E-state index >= 15 is 0 Å². The number of rotatable bonds is 6. The molecule has 1 amide bonds. The van der Waals surface area contributed by atoms with Crippen molar-refractivity contribution in [2.45, 2.75) is 32.7 Å². The molecule has 1 unspecified atom stereocenters. The maximum Gasteiger partial charge on any atom is 0.320 e. The molecule has 0 heterocycles. The molecule has 0 aliphatic rings. The van der Waals surface area contributed by atoms with Crippen LogP contribution in [0.15, 0.2) is 0 Å². The van der Waals surface area contributed by atoms with Crippen molar-refractivity contribution in [1.82, 2.24) is 5.32 Å². The maximum atomic E-state index is 11.1. The van der Waals surface area contributed by atoms with Gasteiger partial charge >= 0.3 is 5.97 Å². The highest BCUT2D eigenvalue weighted by molar-refractivity contribution is 5.76. The van der Waals surface area contributed by atoms with E-state index in [9.17, 15) is 9.59 Å². The van der Waals surface area contributed by atoms with Crippen LogP contribution in [-0.4, -0.2) is 29.6 Å². The molecule has 0 radical (unpaired) electrons. The summed E-state index contributed by atoms with van der Waals surface area (Å²) in [4.78, 5) is 21.4. The minimum absolute atomic E-state index is 0.0578. The van der Waals surface area contributed by atoms with E-state index < -0.39 is 12.0 Å². The molecule has 0 spiro atoms. The van der Waals surface area contributed by atoms with Gasteiger partial charge in [-0.3, -0.25) is 9.59 Å². The molecular formula is C9H18N2O3. The lowest BCUT2D eigenvalue weighted by Gasteiger charge is -2.08.